The first-order valence-corrected chi connectivity index (χ1v) is 9.90. The summed E-state index contributed by atoms with van der Waals surface area (Å²) in [6, 6.07) is 5.86. The number of carbonyl (C=O) groups is 2. The summed E-state index contributed by atoms with van der Waals surface area (Å²) in [7, 11) is 0. The van der Waals surface area contributed by atoms with E-state index in [1.54, 1.807) is 12.1 Å². The van der Waals surface area contributed by atoms with Crippen LogP contribution in [0.15, 0.2) is 30.0 Å². The Labute approximate surface area is 160 Å². The minimum Gasteiger partial charge on any atom is -0.364 e. The highest BCUT2D eigenvalue weighted by Gasteiger charge is 2.41. The monoisotopic (exact) mass is 373 g/mol. The van der Waals surface area contributed by atoms with Crippen molar-refractivity contribution in [3.63, 3.8) is 0 Å². The summed E-state index contributed by atoms with van der Waals surface area (Å²) in [5.41, 5.74) is 1.51. The lowest BCUT2D eigenvalue weighted by Gasteiger charge is -2.36. The van der Waals surface area contributed by atoms with Gasteiger partial charge in [0.2, 0.25) is 0 Å². The van der Waals surface area contributed by atoms with E-state index in [0.29, 0.717) is 23.4 Å². The van der Waals surface area contributed by atoms with Crippen molar-refractivity contribution in [3.8, 4) is 0 Å². The molecular weight excluding hydrogens is 345 g/mol. The lowest BCUT2D eigenvalue weighted by Crippen LogP contribution is -2.47. The Kier molecular flexibility index (Phi) is 6.26. The van der Waals surface area contributed by atoms with Crippen molar-refractivity contribution in [2.45, 2.75) is 33.1 Å². The Morgan fingerprint density at radius 3 is 2.19 bits per heavy atom. The number of halogens is 1. The highest BCUT2D eigenvalue weighted by molar-refractivity contribution is 6.35. The summed E-state index contributed by atoms with van der Waals surface area (Å²) in [4.78, 5) is 31.9. The molecule has 0 radical (unpaired) electrons. The van der Waals surface area contributed by atoms with Gasteiger partial charge in [-0.3, -0.25) is 14.5 Å². The molecule has 1 saturated heterocycles. The Morgan fingerprint density at radius 1 is 0.926 bits per heavy atom. The largest absolute Gasteiger partial charge is 0.364 e. The summed E-state index contributed by atoms with van der Waals surface area (Å²) in [6.45, 7) is 8.81. The van der Waals surface area contributed by atoms with Gasteiger partial charge in [-0.2, -0.15) is 0 Å². The number of unbranched alkanes of at least 4 members (excludes halogenated alkanes) is 2. The van der Waals surface area contributed by atoms with Crippen molar-refractivity contribution in [2.24, 2.45) is 0 Å². The molecule has 0 N–H and O–H groups in total. The van der Waals surface area contributed by atoms with Gasteiger partial charge in [0.05, 0.1) is 5.57 Å². The summed E-state index contributed by atoms with van der Waals surface area (Å²) in [5, 5.41) is 0. The predicted molar refractivity (Wildman–Crippen MR) is 103 cm³/mol. The van der Waals surface area contributed by atoms with Gasteiger partial charge in [-0.15, -0.1) is 0 Å². The topological polar surface area (TPSA) is 43.9 Å². The zero-order chi connectivity index (χ0) is 19.4. The van der Waals surface area contributed by atoms with Crippen LogP contribution in [0.5, 0.6) is 0 Å². The molecule has 27 heavy (non-hydrogen) atoms. The average molecular weight is 373 g/mol. The van der Waals surface area contributed by atoms with E-state index in [2.05, 4.69) is 18.7 Å². The Bertz CT molecular complexity index is 721. The predicted octanol–water partition coefficient (Wildman–Crippen LogP) is 2.73. The first kappa shape index (κ1) is 19.5. The van der Waals surface area contributed by atoms with E-state index >= 15 is 0 Å². The first-order valence-electron chi connectivity index (χ1n) is 9.90. The molecule has 1 fully saturated rings. The number of imide groups is 1. The van der Waals surface area contributed by atoms with Crippen LogP contribution in [0, 0.1) is 5.82 Å². The standard InChI is InChI=1S/C21H28FN3O2/c1-3-5-6-11-25-20(26)18(16-7-9-17(22)10-8-16)19(21(25)27)24-14-12-23(4-2)13-15-24/h7-10H,3-6,11-15H2,1-2H3. The second kappa shape index (κ2) is 8.65. The van der Waals surface area contributed by atoms with E-state index in [9.17, 15) is 14.0 Å². The first-order chi connectivity index (χ1) is 13.1. The van der Waals surface area contributed by atoms with Crippen LogP contribution in [0.2, 0.25) is 0 Å². The molecule has 2 aliphatic rings. The minimum absolute atomic E-state index is 0.208. The fourth-order valence-corrected chi connectivity index (χ4v) is 3.74. The van der Waals surface area contributed by atoms with Crippen molar-refractivity contribution in [3.05, 3.63) is 41.3 Å². The van der Waals surface area contributed by atoms with Crippen molar-refractivity contribution in [2.75, 3.05) is 39.3 Å². The maximum atomic E-state index is 13.4. The van der Waals surface area contributed by atoms with Crippen LogP contribution in [-0.4, -0.2) is 65.8 Å². The fraction of sp³-hybridized carbons (Fsp3) is 0.524. The van der Waals surface area contributed by atoms with Gasteiger partial charge in [0, 0.05) is 32.7 Å². The van der Waals surface area contributed by atoms with Crippen molar-refractivity contribution < 1.29 is 14.0 Å². The molecule has 0 aliphatic carbocycles. The molecule has 0 bridgehead atoms. The molecule has 2 heterocycles. The lowest BCUT2D eigenvalue weighted by atomic mass is 10.0. The molecule has 1 aromatic rings. The van der Waals surface area contributed by atoms with E-state index in [4.69, 9.17) is 0 Å². The molecule has 5 nitrogen and oxygen atoms in total. The molecule has 6 heteroatoms. The van der Waals surface area contributed by atoms with Gasteiger partial charge in [-0.05, 0) is 30.7 Å². The number of hydrogen-bond donors (Lipinski definition) is 0. The number of likely N-dealkylation sites (N-methyl/N-ethyl adjacent to an activating group) is 1. The number of piperazine rings is 1. The van der Waals surface area contributed by atoms with Crippen LogP contribution in [0.25, 0.3) is 5.57 Å². The highest BCUT2D eigenvalue weighted by Crippen LogP contribution is 2.32. The number of hydrogen-bond acceptors (Lipinski definition) is 4. The molecule has 0 aromatic heterocycles. The van der Waals surface area contributed by atoms with Crippen molar-refractivity contribution in [1.29, 1.82) is 0 Å². The normalized spacial score (nSPS) is 18.8. The Hall–Kier alpha value is -2.21. The second-order valence-electron chi connectivity index (χ2n) is 7.12. The molecule has 146 valence electrons. The third-order valence-electron chi connectivity index (χ3n) is 5.40. The molecule has 0 atom stereocenters. The number of carbonyl (C=O) groups excluding carboxylic acids is 2. The van der Waals surface area contributed by atoms with Gasteiger partial charge in [0.25, 0.3) is 11.8 Å². The third-order valence-corrected chi connectivity index (χ3v) is 5.40. The van der Waals surface area contributed by atoms with E-state index in [1.807, 2.05) is 4.90 Å². The number of benzene rings is 1. The SMILES string of the molecule is CCCCCN1C(=O)C(c2ccc(F)cc2)=C(N2CCN(CC)CC2)C1=O. The van der Waals surface area contributed by atoms with Crippen LogP contribution in [0.4, 0.5) is 4.39 Å². The van der Waals surface area contributed by atoms with Gasteiger partial charge in [-0.25, -0.2) is 4.39 Å². The highest BCUT2D eigenvalue weighted by atomic mass is 19.1. The zero-order valence-corrected chi connectivity index (χ0v) is 16.2. The van der Waals surface area contributed by atoms with Crippen LogP contribution < -0.4 is 0 Å². The van der Waals surface area contributed by atoms with Gasteiger partial charge < -0.3 is 9.80 Å². The average Bonchev–Trinajstić information content (AvgIpc) is 2.93. The fourth-order valence-electron chi connectivity index (χ4n) is 3.74. The van der Waals surface area contributed by atoms with Crippen LogP contribution >= 0.6 is 0 Å². The van der Waals surface area contributed by atoms with Crippen LogP contribution in [0.3, 0.4) is 0 Å². The van der Waals surface area contributed by atoms with Crippen LogP contribution in [0.1, 0.15) is 38.7 Å². The zero-order valence-electron chi connectivity index (χ0n) is 16.2. The van der Waals surface area contributed by atoms with E-state index in [-0.39, 0.29) is 17.6 Å². The Morgan fingerprint density at radius 2 is 1.59 bits per heavy atom. The quantitative estimate of drug-likeness (QED) is 0.545. The van der Waals surface area contributed by atoms with Crippen molar-refractivity contribution in [1.82, 2.24) is 14.7 Å². The molecular formula is C21H28FN3O2. The van der Waals surface area contributed by atoms with Crippen molar-refractivity contribution >= 4 is 17.4 Å². The van der Waals surface area contributed by atoms with Gasteiger partial charge in [0.1, 0.15) is 11.5 Å². The molecule has 0 unspecified atom stereocenters. The summed E-state index contributed by atoms with van der Waals surface area (Å²) < 4.78 is 13.4. The van der Waals surface area contributed by atoms with E-state index in [1.165, 1.54) is 17.0 Å². The third kappa shape index (κ3) is 4.05. The number of rotatable bonds is 7. The minimum atomic E-state index is -0.353. The summed E-state index contributed by atoms with van der Waals surface area (Å²) in [5.74, 6) is -0.815. The second-order valence-corrected chi connectivity index (χ2v) is 7.12. The summed E-state index contributed by atoms with van der Waals surface area (Å²) in [6.07, 6.45) is 2.81. The number of nitrogens with zero attached hydrogens (tertiary/aromatic N) is 3. The summed E-state index contributed by atoms with van der Waals surface area (Å²) >= 11 is 0. The Balaban J connectivity index is 1.92. The van der Waals surface area contributed by atoms with E-state index in [0.717, 1.165) is 52.0 Å². The molecule has 2 aliphatic heterocycles. The smallest absolute Gasteiger partial charge is 0.277 e. The molecule has 2 amide bonds. The van der Waals surface area contributed by atoms with Crippen LogP contribution in [-0.2, 0) is 9.59 Å². The van der Waals surface area contributed by atoms with Gasteiger partial charge >= 0.3 is 0 Å². The van der Waals surface area contributed by atoms with Gasteiger partial charge in [0.15, 0.2) is 0 Å². The van der Waals surface area contributed by atoms with E-state index < -0.39 is 0 Å². The molecule has 0 saturated carbocycles. The molecule has 3 rings (SSSR count). The number of amides is 2. The lowest BCUT2D eigenvalue weighted by molar-refractivity contribution is -0.137. The van der Waals surface area contributed by atoms with Gasteiger partial charge in [-0.1, -0.05) is 38.8 Å². The molecule has 1 aromatic carbocycles. The maximum Gasteiger partial charge on any atom is 0.277 e. The maximum absolute atomic E-state index is 13.4. The molecule has 0 spiro atoms.